The summed E-state index contributed by atoms with van der Waals surface area (Å²) in [5, 5.41) is 10.3. The molecule has 2 nitrogen and oxygen atoms in total. The second-order valence-electron chi connectivity index (χ2n) is 2.45. The molecule has 68 valence electrons. The summed E-state index contributed by atoms with van der Waals surface area (Å²) in [5.74, 6) is 1.73. The van der Waals surface area contributed by atoms with Crippen LogP contribution in [0.25, 0.3) is 0 Å². The van der Waals surface area contributed by atoms with Crippen LogP contribution >= 0.6 is 11.8 Å². The highest BCUT2D eigenvalue weighted by atomic mass is 32.2. The second-order valence-corrected chi connectivity index (χ2v) is 3.33. The maximum Gasteiger partial charge on any atom is 0.133 e. The maximum absolute atomic E-state index is 8.25. The number of hydrogen-bond acceptors (Lipinski definition) is 3. The molecule has 0 radical (unpaired) electrons. The Morgan fingerprint density at radius 2 is 2.08 bits per heavy atom. The summed E-state index contributed by atoms with van der Waals surface area (Å²) in [6, 6.07) is 9.70. The summed E-state index contributed by atoms with van der Waals surface area (Å²) < 4.78 is 5.43. The minimum absolute atomic E-state index is 0.679. The minimum atomic E-state index is 0.679. The quantitative estimate of drug-likeness (QED) is 0.532. The molecule has 0 heterocycles. The molecule has 0 bridgehead atoms. The minimum Gasteiger partial charge on any atom is -0.494 e. The zero-order chi connectivity index (χ0) is 9.36. The third kappa shape index (κ3) is 4.44. The maximum atomic E-state index is 8.25. The lowest BCUT2D eigenvalue weighted by atomic mass is 10.3. The van der Waals surface area contributed by atoms with Crippen LogP contribution in [-0.4, -0.2) is 12.4 Å². The standard InChI is InChI=1S/C10H11NOS/c11-9-13-8-4-7-12-10-5-2-1-3-6-10/h1-3,5-6H,4,7-8H2. The molecule has 1 aromatic rings. The predicted molar refractivity (Wildman–Crippen MR) is 54.6 cm³/mol. The number of ether oxygens (including phenoxy) is 1. The van der Waals surface area contributed by atoms with E-state index in [1.54, 1.807) is 0 Å². The molecule has 0 saturated heterocycles. The van der Waals surface area contributed by atoms with Gasteiger partial charge in [0.1, 0.15) is 11.2 Å². The number of thiocyanates is 1. The Bertz CT molecular complexity index is 268. The molecule has 0 aliphatic heterocycles. The van der Waals surface area contributed by atoms with E-state index in [1.807, 2.05) is 35.7 Å². The van der Waals surface area contributed by atoms with Gasteiger partial charge < -0.3 is 4.74 Å². The van der Waals surface area contributed by atoms with Crippen molar-refractivity contribution in [3.05, 3.63) is 30.3 Å². The number of benzene rings is 1. The molecule has 0 N–H and O–H groups in total. The largest absolute Gasteiger partial charge is 0.494 e. The Morgan fingerprint density at radius 1 is 1.31 bits per heavy atom. The molecule has 0 fully saturated rings. The zero-order valence-corrected chi connectivity index (χ0v) is 8.09. The number of thioether (sulfide) groups is 1. The van der Waals surface area contributed by atoms with Crippen LogP contribution in [0, 0.1) is 10.7 Å². The van der Waals surface area contributed by atoms with Crippen LogP contribution in [0.5, 0.6) is 5.75 Å². The molecule has 0 unspecified atom stereocenters. The third-order valence-electron chi connectivity index (χ3n) is 1.47. The molecule has 0 saturated carbocycles. The van der Waals surface area contributed by atoms with Crippen molar-refractivity contribution in [1.82, 2.24) is 0 Å². The normalized spacial score (nSPS) is 9.15. The van der Waals surface area contributed by atoms with Gasteiger partial charge in [-0.3, -0.25) is 0 Å². The number of nitriles is 1. The average Bonchev–Trinajstić information content (AvgIpc) is 2.19. The first kappa shape index (κ1) is 9.94. The Morgan fingerprint density at radius 3 is 2.77 bits per heavy atom. The average molecular weight is 193 g/mol. The molecule has 1 rings (SSSR count). The van der Waals surface area contributed by atoms with Crippen molar-refractivity contribution >= 4 is 11.8 Å². The lowest BCUT2D eigenvalue weighted by Crippen LogP contribution is -1.97. The van der Waals surface area contributed by atoms with Crippen molar-refractivity contribution in [2.24, 2.45) is 0 Å². The summed E-state index contributed by atoms with van der Waals surface area (Å²) in [5.41, 5.74) is 0. The molecule has 3 heteroatoms. The van der Waals surface area contributed by atoms with Crippen LogP contribution in [-0.2, 0) is 0 Å². The lowest BCUT2D eigenvalue weighted by molar-refractivity contribution is 0.319. The van der Waals surface area contributed by atoms with Crippen molar-refractivity contribution in [3.8, 4) is 11.2 Å². The number of hydrogen-bond donors (Lipinski definition) is 0. The van der Waals surface area contributed by atoms with E-state index in [-0.39, 0.29) is 0 Å². The van der Waals surface area contributed by atoms with Gasteiger partial charge >= 0.3 is 0 Å². The van der Waals surface area contributed by atoms with Gasteiger partial charge in [0.2, 0.25) is 0 Å². The number of rotatable bonds is 5. The second kappa shape index (κ2) is 6.38. The van der Waals surface area contributed by atoms with Crippen LogP contribution in [0.2, 0.25) is 0 Å². The molecule has 0 aliphatic carbocycles. The molecular weight excluding hydrogens is 182 g/mol. The van der Waals surface area contributed by atoms with Crippen molar-refractivity contribution < 1.29 is 4.74 Å². The molecule has 13 heavy (non-hydrogen) atoms. The van der Waals surface area contributed by atoms with E-state index < -0.39 is 0 Å². The first-order chi connectivity index (χ1) is 6.43. The number of para-hydroxylation sites is 1. The van der Waals surface area contributed by atoms with Crippen LogP contribution < -0.4 is 4.74 Å². The van der Waals surface area contributed by atoms with Gasteiger partial charge in [-0.15, -0.1) is 0 Å². The van der Waals surface area contributed by atoms with Gasteiger partial charge in [-0.2, -0.15) is 5.26 Å². The highest BCUT2D eigenvalue weighted by Gasteiger charge is 1.91. The summed E-state index contributed by atoms with van der Waals surface area (Å²) in [6.45, 7) is 0.679. The SMILES string of the molecule is N#CSCCCOc1ccccc1. The Hall–Kier alpha value is -1.14. The van der Waals surface area contributed by atoms with Crippen LogP contribution in [0.15, 0.2) is 30.3 Å². The van der Waals surface area contributed by atoms with E-state index in [9.17, 15) is 0 Å². The van der Waals surface area contributed by atoms with E-state index in [0.29, 0.717) is 6.61 Å². The van der Waals surface area contributed by atoms with Crippen molar-refractivity contribution in [2.75, 3.05) is 12.4 Å². The van der Waals surface area contributed by atoms with Gasteiger partial charge in [0.05, 0.1) is 6.61 Å². The molecule has 0 atom stereocenters. The van der Waals surface area contributed by atoms with Crippen LogP contribution in [0.4, 0.5) is 0 Å². The summed E-state index contributed by atoms with van der Waals surface area (Å²) in [7, 11) is 0. The van der Waals surface area contributed by atoms with E-state index in [2.05, 4.69) is 0 Å². The predicted octanol–water partition coefficient (Wildman–Crippen LogP) is 2.67. The van der Waals surface area contributed by atoms with E-state index in [1.165, 1.54) is 11.8 Å². The summed E-state index contributed by atoms with van der Waals surface area (Å²) in [4.78, 5) is 0. The molecule has 1 aromatic carbocycles. The van der Waals surface area contributed by atoms with Gasteiger partial charge in [-0.1, -0.05) is 18.2 Å². The third-order valence-corrected chi connectivity index (χ3v) is 2.09. The summed E-state index contributed by atoms with van der Waals surface area (Å²) >= 11 is 1.27. The lowest BCUT2D eigenvalue weighted by Gasteiger charge is -2.03. The zero-order valence-electron chi connectivity index (χ0n) is 7.27. The van der Waals surface area contributed by atoms with E-state index in [0.717, 1.165) is 17.9 Å². The smallest absolute Gasteiger partial charge is 0.133 e. The van der Waals surface area contributed by atoms with Crippen LogP contribution in [0.1, 0.15) is 6.42 Å². The fourth-order valence-electron chi connectivity index (χ4n) is 0.883. The van der Waals surface area contributed by atoms with Gasteiger partial charge in [0.15, 0.2) is 0 Å². The molecule has 0 aromatic heterocycles. The molecule has 0 aliphatic rings. The monoisotopic (exact) mass is 193 g/mol. The Kier molecular flexibility index (Phi) is 4.88. The Labute approximate surface area is 82.5 Å². The molecule has 0 amide bonds. The van der Waals surface area contributed by atoms with Crippen LogP contribution in [0.3, 0.4) is 0 Å². The fourth-order valence-corrected chi connectivity index (χ4v) is 1.24. The molecule has 0 spiro atoms. The van der Waals surface area contributed by atoms with Crippen molar-refractivity contribution in [1.29, 1.82) is 5.26 Å². The first-order valence-corrected chi connectivity index (χ1v) is 5.11. The van der Waals surface area contributed by atoms with Gasteiger partial charge in [0, 0.05) is 5.75 Å². The number of nitrogens with zero attached hydrogens (tertiary/aromatic N) is 1. The highest BCUT2D eigenvalue weighted by Crippen LogP contribution is 2.09. The summed E-state index contributed by atoms with van der Waals surface area (Å²) in [6.07, 6.45) is 0.910. The van der Waals surface area contributed by atoms with Crippen molar-refractivity contribution in [2.45, 2.75) is 6.42 Å². The Balaban J connectivity index is 2.11. The van der Waals surface area contributed by atoms with E-state index >= 15 is 0 Å². The van der Waals surface area contributed by atoms with Gasteiger partial charge in [-0.25, -0.2) is 0 Å². The first-order valence-electron chi connectivity index (χ1n) is 4.12. The van der Waals surface area contributed by atoms with Gasteiger partial charge in [-0.05, 0) is 30.3 Å². The molecular formula is C10H11NOS. The highest BCUT2D eigenvalue weighted by molar-refractivity contribution is 8.03. The van der Waals surface area contributed by atoms with Gasteiger partial charge in [0.25, 0.3) is 0 Å². The topological polar surface area (TPSA) is 33.0 Å². The van der Waals surface area contributed by atoms with Crippen molar-refractivity contribution in [3.63, 3.8) is 0 Å². The fraction of sp³-hybridized carbons (Fsp3) is 0.300. The van der Waals surface area contributed by atoms with E-state index in [4.69, 9.17) is 10.00 Å².